The van der Waals surface area contributed by atoms with Crippen LogP contribution in [0, 0.1) is 13.8 Å². The lowest BCUT2D eigenvalue weighted by Crippen LogP contribution is -2.20. The fourth-order valence-electron chi connectivity index (χ4n) is 3.17. The maximum absolute atomic E-state index is 12.4. The van der Waals surface area contributed by atoms with E-state index in [4.69, 9.17) is 18.7 Å². The molecule has 1 saturated carbocycles. The number of aryl methyl sites for hydroxylation is 2. The Morgan fingerprint density at radius 1 is 1.19 bits per heavy atom. The van der Waals surface area contributed by atoms with Crippen LogP contribution in [0.1, 0.15) is 59.5 Å². The summed E-state index contributed by atoms with van der Waals surface area (Å²) in [4.78, 5) is 12.4. The van der Waals surface area contributed by atoms with Gasteiger partial charge in [0.2, 0.25) is 0 Å². The first-order valence-corrected chi connectivity index (χ1v) is 9.02. The van der Waals surface area contributed by atoms with E-state index in [0.29, 0.717) is 23.7 Å². The second kappa shape index (κ2) is 8.25. The number of carbonyl (C=O) groups excluding carboxylic acids is 1. The van der Waals surface area contributed by atoms with Gasteiger partial charge in [0.25, 0.3) is 0 Å². The van der Waals surface area contributed by atoms with Crippen LogP contribution < -0.4 is 9.47 Å². The largest absolute Gasteiger partial charge is 0.493 e. The van der Waals surface area contributed by atoms with Crippen molar-refractivity contribution in [3.05, 3.63) is 40.8 Å². The zero-order valence-corrected chi connectivity index (χ0v) is 15.5. The lowest BCUT2D eigenvalue weighted by molar-refractivity contribution is 0.0210. The Morgan fingerprint density at radius 2 is 1.96 bits per heavy atom. The Hall–Kier alpha value is -2.50. The molecular weight excluding hydrogens is 334 g/mol. The van der Waals surface area contributed by atoms with Gasteiger partial charge in [-0.3, -0.25) is 0 Å². The Bertz CT molecular complexity index is 742. The van der Waals surface area contributed by atoms with Crippen molar-refractivity contribution < 1.29 is 23.5 Å². The number of ether oxygens (including phenoxy) is 3. The van der Waals surface area contributed by atoms with Crippen molar-refractivity contribution in [2.24, 2.45) is 0 Å². The first-order valence-electron chi connectivity index (χ1n) is 9.02. The lowest BCUT2D eigenvalue weighted by Gasteiger charge is -2.22. The molecule has 3 rings (SSSR count). The highest BCUT2D eigenvalue weighted by Crippen LogP contribution is 2.30. The van der Waals surface area contributed by atoms with Crippen molar-refractivity contribution in [2.45, 2.75) is 58.7 Å². The summed E-state index contributed by atoms with van der Waals surface area (Å²) in [5.74, 6) is 1.47. The highest BCUT2D eigenvalue weighted by atomic mass is 16.5. The van der Waals surface area contributed by atoms with Crippen LogP contribution in [0.15, 0.2) is 22.7 Å². The molecule has 140 valence electrons. The summed E-state index contributed by atoms with van der Waals surface area (Å²) in [6.45, 7) is 4.04. The summed E-state index contributed by atoms with van der Waals surface area (Å²) >= 11 is 0. The van der Waals surface area contributed by atoms with Crippen LogP contribution in [-0.4, -0.2) is 24.3 Å². The van der Waals surface area contributed by atoms with E-state index in [0.717, 1.165) is 42.7 Å². The van der Waals surface area contributed by atoms with E-state index in [1.165, 1.54) is 6.42 Å². The second-order valence-electron chi connectivity index (χ2n) is 6.62. The molecule has 0 unspecified atom stereocenters. The summed E-state index contributed by atoms with van der Waals surface area (Å²) in [7, 11) is 1.55. The van der Waals surface area contributed by atoms with E-state index >= 15 is 0 Å². The van der Waals surface area contributed by atoms with Gasteiger partial charge >= 0.3 is 5.97 Å². The Labute approximate surface area is 153 Å². The molecular formula is C20H25NO5. The fourth-order valence-corrected chi connectivity index (χ4v) is 3.17. The topological polar surface area (TPSA) is 70.8 Å². The van der Waals surface area contributed by atoms with E-state index < -0.39 is 0 Å². The number of hydrogen-bond donors (Lipinski definition) is 0. The highest BCUT2D eigenvalue weighted by Gasteiger charge is 2.20. The Morgan fingerprint density at radius 3 is 2.62 bits per heavy atom. The maximum atomic E-state index is 12.4. The van der Waals surface area contributed by atoms with E-state index in [9.17, 15) is 4.79 Å². The van der Waals surface area contributed by atoms with Crippen LogP contribution in [0.4, 0.5) is 0 Å². The van der Waals surface area contributed by atoms with Crippen LogP contribution in [0.3, 0.4) is 0 Å². The molecule has 1 heterocycles. The van der Waals surface area contributed by atoms with Gasteiger partial charge < -0.3 is 18.7 Å². The van der Waals surface area contributed by atoms with Crippen LogP contribution >= 0.6 is 0 Å². The summed E-state index contributed by atoms with van der Waals surface area (Å²) in [6.07, 6.45) is 5.38. The third-order valence-corrected chi connectivity index (χ3v) is 4.78. The van der Waals surface area contributed by atoms with Gasteiger partial charge in [-0.25, -0.2) is 4.79 Å². The van der Waals surface area contributed by atoms with Crippen molar-refractivity contribution >= 4 is 5.97 Å². The van der Waals surface area contributed by atoms with Gasteiger partial charge in [0.05, 0.1) is 23.9 Å². The third-order valence-electron chi connectivity index (χ3n) is 4.78. The van der Waals surface area contributed by atoms with Crippen LogP contribution in [0.2, 0.25) is 0 Å². The molecule has 6 heteroatoms. The first kappa shape index (κ1) is 18.3. The Balaban J connectivity index is 1.67. The van der Waals surface area contributed by atoms with Crippen molar-refractivity contribution in [2.75, 3.05) is 7.11 Å². The maximum Gasteiger partial charge on any atom is 0.338 e. The van der Waals surface area contributed by atoms with Gasteiger partial charge in [-0.15, -0.1) is 0 Å². The van der Waals surface area contributed by atoms with Gasteiger partial charge in [-0.2, -0.15) is 0 Å². The molecule has 0 radical (unpaired) electrons. The second-order valence-corrected chi connectivity index (χ2v) is 6.62. The van der Waals surface area contributed by atoms with Crippen molar-refractivity contribution in [3.63, 3.8) is 0 Å². The number of rotatable bonds is 6. The molecule has 0 bridgehead atoms. The molecule has 0 amide bonds. The van der Waals surface area contributed by atoms with Gasteiger partial charge in [0.15, 0.2) is 11.5 Å². The molecule has 1 fully saturated rings. The highest BCUT2D eigenvalue weighted by molar-refractivity contribution is 5.90. The lowest BCUT2D eigenvalue weighted by atomic mass is 9.98. The number of aromatic nitrogens is 1. The monoisotopic (exact) mass is 359 g/mol. The minimum absolute atomic E-state index is 0.0257. The minimum Gasteiger partial charge on any atom is -0.493 e. The number of esters is 1. The predicted octanol–water partition coefficient (Wildman–Crippen LogP) is 4.37. The fraction of sp³-hybridized carbons (Fsp3) is 0.500. The SMILES string of the molecule is COc1cc(C(=O)OC2CCCCC2)ccc1OCc1c(C)noc1C. The molecule has 0 atom stereocenters. The average molecular weight is 359 g/mol. The molecule has 0 spiro atoms. The molecule has 0 N–H and O–H groups in total. The van der Waals surface area contributed by atoms with Crippen molar-refractivity contribution in [1.29, 1.82) is 0 Å². The van der Waals surface area contributed by atoms with Gasteiger partial charge in [-0.1, -0.05) is 11.6 Å². The number of hydrogen-bond acceptors (Lipinski definition) is 6. The van der Waals surface area contributed by atoms with Crippen LogP contribution in [0.5, 0.6) is 11.5 Å². The predicted molar refractivity (Wildman–Crippen MR) is 95.6 cm³/mol. The molecule has 26 heavy (non-hydrogen) atoms. The number of methoxy groups -OCH3 is 1. The van der Waals surface area contributed by atoms with Crippen molar-refractivity contribution in [3.8, 4) is 11.5 Å². The standard InChI is InChI=1S/C20H25NO5/c1-13-17(14(2)26-21-13)12-24-18-10-9-15(11-19(18)23-3)20(22)25-16-7-5-4-6-8-16/h9-11,16H,4-8,12H2,1-3H3. The molecule has 1 aliphatic carbocycles. The van der Waals surface area contributed by atoms with E-state index in [2.05, 4.69) is 5.16 Å². The Kier molecular flexibility index (Phi) is 5.81. The van der Waals surface area contributed by atoms with Crippen LogP contribution in [-0.2, 0) is 11.3 Å². The summed E-state index contributed by atoms with van der Waals surface area (Å²) in [5, 5.41) is 3.92. The number of carbonyl (C=O) groups is 1. The quantitative estimate of drug-likeness (QED) is 0.713. The zero-order chi connectivity index (χ0) is 18.5. The minimum atomic E-state index is -0.313. The van der Waals surface area contributed by atoms with Gasteiger partial charge in [0.1, 0.15) is 18.5 Å². The zero-order valence-electron chi connectivity index (χ0n) is 15.5. The number of nitrogens with zero attached hydrogens (tertiary/aromatic N) is 1. The third kappa shape index (κ3) is 4.18. The summed E-state index contributed by atoms with van der Waals surface area (Å²) < 4.78 is 22.0. The molecule has 1 aliphatic rings. The molecule has 6 nitrogen and oxygen atoms in total. The average Bonchev–Trinajstić information content (AvgIpc) is 2.98. The molecule has 2 aromatic rings. The smallest absolute Gasteiger partial charge is 0.338 e. The van der Waals surface area contributed by atoms with E-state index in [-0.39, 0.29) is 12.1 Å². The van der Waals surface area contributed by atoms with Crippen molar-refractivity contribution in [1.82, 2.24) is 5.16 Å². The summed E-state index contributed by atoms with van der Waals surface area (Å²) in [6, 6.07) is 5.10. The van der Waals surface area contributed by atoms with E-state index in [1.807, 2.05) is 13.8 Å². The molecule has 1 aromatic carbocycles. The van der Waals surface area contributed by atoms with Gasteiger partial charge in [-0.05, 0) is 57.7 Å². The first-order chi connectivity index (χ1) is 12.6. The number of benzene rings is 1. The molecule has 0 aliphatic heterocycles. The van der Waals surface area contributed by atoms with E-state index in [1.54, 1.807) is 25.3 Å². The molecule has 0 saturated heterocycles. The van der Waals surface area contributed by atoms with Crippen LogP contribution in [0.25, 0.3) is 0 Å². The van der Waals surface area contributed by atoms with Gasteiger partial charge in [0, 0.05) is 0 Å². The normalized spacial score (nSPS) is 14.9. The molecule has 1 aromatic heterocycles. The summed E-state index contributed by atoms with van der Waals surface area (Å²) in [5.41, 5.74) is 2.18.